The fraction of sp³-hybridized carbons (Fsp3) is 0.846. The Labute approximate surface area is 109 Å². The lowest BCUT2D eigenvalue weighted by molar-refractivity contribution is -0.129. The van der Waals surface area contributed by atoms with E-state index in [0.717, 1.165) is 25.7 Å². The van der Waals surface area contributed by atoms with Crippen molar-refractivity contribution in [2.75, 3.05) is 6.54 Å². The molecule has 0 aromatic carbocycles. The normalized spacial score (nSPS) is 24.4. The zero-order valence-electron chi connectivity index (χ0n) is 11.6. The standard InChI is InChI=1S/C13H25N3O2/c1-13(2,3)16-11(17)8-15-12(18)9-4-6-10(14)7-5-9/h9-10H,4-8,14H2,1-3H3,(H,15,18)(H,16,17). The number of nitrogens with one attached hydrogen (secondary N) is 2. The van der Waals surface area contributed by atoms with Crippen molar-refractivity contribution in [3.63, 3.8) is 0 Å². The fourth-order valence-electron chi connectivity index (χ4n) is 2.16. The zero-order chi connectivity index (χ0) is 13.8. The smallest absolute Gasteiger partial charge is 0.239 e. The van der Waals surface area contributed by atoms with Crippen LogP contribution in [0.4, 0.5) is 0 Å². The number of carbonyl (C=O) groups is 2. The number of amides is 2. The highest BCUT2D eigenvalue weighted by atomic mass is 16.2. The molecule has 2 amide bonds. The maximum absolute atomic E-state index is 11.8. The highest BCUT2D eigenvalue weighted by molar-refractivity contribution is 5.86. The van der Waals surface area contributed by atoms with Gasteiger partial charge < -0.3 is 16.4 Å². The van der Waals surface area contributed by atoms with Crippen LogP contribution in [-0.4, -0.2) is 29.9 Å². The highest BCUT2D eigenvalue weighted by Crippen LogP contribution is 2.22. The van der Waals surface area contributed by atoms with E-state index in [1.807, 2.05) is 20.8 Å². The zero-order valence-corrected chi connectivity index (χ0v) is 11.6. The number of carbonyl (C=O) groups excluding carboxylic acids is 2. The summed E-state index contributed by atoms with van der Waals surface area (Å²) in [6.07, 6.45) is 3.44. The summed E-state index contributed by atoms with van der Waals surface area (Å²) in [5.74, 6) is -0.151. The molecule has 1 fully saturated rings. The van der Waals surface area contributed by atoms with Gasteiger partial charge in [0.1, 0.15) is 0 Å². The van der Waals surface area contributed by atoms with Gasteiger partial charge in [0.15, 0.2) is 0 Å². The SMILES string of the molecule is CC(C)(C)NC(=O)CNC(=O)C1CCC(N)CC1. The molecule has 0 bridgehead atoms. The second kappa shape index (κ2) is 6.18. The Balaban J connectivity index is 2.27. The second-order valence-electron chi connectivity index (χ2n) is 6.13. The Morgan fingerprint density at radius 3 is 2.22 bits per heavy atom. The van der Waals surface area contributed by atoms with Crippen molar-refractivity contribution in [1.29, 1.82) is 0 Å². The van der Waals surface area contributed by atoms with Crippen LogP contribution < -0.4 is 16.4 Å². The van der Waals surface area contributed by atoms with Gasteiger partial charge in [-0.05, 0) is 46.5 Å². The summed E-state index contributed by atoms with van der Waals surface area (Å²) in [6.45, 7) is 5.79. The lowest BCUT2D eigenvalue weighted by atomic mass is 9.86. The van der Waals surface area contributed by atoms with Gasteiger partial charge in [-0.3, -0.25) is 9.59 Å². The van der Waals surface area contributed by atoms with Crippen LogP contribution in [-0.2, 0) is 9.59 Å². The molecule has 4 N–H and O–H groups in total. The largest absolute Gasteiger partial charge is 0.350 e. The minimum atomic E-state index is -0.264. The van der Waals surface area contributed by atoms with Crippen molar-refractivity contribution in [2.24, 2.45) is 11.7 Å². The van der Waals surface area contributed by atoms with E-state index in [2.05, 4.69) is 10.6 Å². The molecule has 1 saturated carbocycles. The molecule has 0 heterocycles. The number of rotatable bonds is 3. The summed E-state index contributed by atoms with van der Waals surface area (Å²) in [7, 11) is 0. The molecule has 0 aliphatic heterocycles. The van der Waals surface area contributed by atoms with E-state index >= 15 is 0 Å². The molecule has 5 heteroatoms. The molecule has 104 valence electrons. The van der Waals surface area contributed by atoms with Crippen LogP contribution in [0.2, 0.25) is 0 Å². The van der Waals surface area contributed by atoms with E-state index in [0.29, 0.717) is 0 Å². The van der Waals surface area contributed by atoms with E-state index in [4.69, 9.17) is 5.73 Å². The van der Waals surface area contributed by atoms with Gasteiger partial charge in [-0.25, -0.2) is 0 Å². The summed E-state index contributed by atoms with van der Waals surface area (Å²) in [5.41, 5.74) is 5.53. The second-order valence-corrected chi connectivity index (χ2v) is 6.13. The van der Waals surface area contributed by atoms with Gasteiger partial charge in [0, 0.05) is 17.5 Å². The van der Waals surface area contributed by atoms with Crippen molar-refractivity contribution in [2.45, 2.75) is 58.0 Å². The summed E-state index contributed by atoms with van der Waals surface area (Å²) in [6, 6.07) is 0.234. The van der Waals surface area contributed by atoms with Crippen LogP contribution in [0.5, 0.6) is 0 Å². The van der Waals surface area contributed by atoms with Crippen LogP contribution in [0.15, 0.2) is 0 Å². The molecule has 1 aliphatic rings. The Morgan fingerprint density at radius 2 is 1.72 bits per heavy atom. The van der Waals surface area contributed by atoms with Crippen molar-refractivity contribution in [3.05, 3.63) is 0 Å². The molecule has 0 atom stereocenters. The lowest BCUT2D eigenvalue weighted by Gasteiger charge is -2.25. The van der Waals surface area contributed by atoms with E-state index in [1.54, 1.807) is 0 Å². The molecule has 1 aliphatic carbocycles. The predicted octanol–water partition coefficient (Wildman–Crippen LogP) is 0.535. The first-order valence-corrected chi connectivity index (χ1v) is 6.62. The van der Waals surface area contributed by atoms with Gasteiger partial charge >= 0.3 is 0 Å². The van der Waals surface area contributed by atoms with Gasteiger partial charge in [0.25, 0.3) is 0 Å². The Bertz CT molecular complexity index is 302. The van der Waals surface area contributed by atoms with E-state index < -0.39 is 0 Å². The first kappa shape index (κ1) is 15.0. The number of nitrogens with two attached hydrogens (primary N) is 1. The average molecular weight is 255 g/mol. The third-order valence-corrected chi connectivity index (χ3v) is 3.08. The summed E-state index contributed by atoms with van der Waals surface area (Å²) < 4.78 is 0. The minimum absolute atomic E-state index is 0.0206. The molecule has 0 aromatic heterocycles. The summed E-state index contributed by atoms with van der Waals surface area (Å²) >= 11 is 0. The van der Waals surface area contributed by atoms with Gasteiger partial charge in [-0.2, -0.15) is 0 Å². The summed E-state index contributed by atoms with van der Waals surface area (Å²) in [5, 5.41) is 5.51. The highest BCUT2D eigenvalue weighted by Gasteiger charge is 2.24. The molecule has 0 saturated heterocycles. The molecule has 0 radical (unpaired) electrons. The van der Waals surface area contributed by atoms with Gasteiger partial charge in [-0.15, -0.1) is 0 Å². The third-order valence-electron chi connectivity index (χ3n) is 3.08. The van der Waals surface area contributed by atoms with Crippen LogP contribution >= 0.6 is 0 Å². The topological polar surface area (TPSA) is 84.2 Å². The molecule has 0 aromatic rings. The van der Waals surface area contributed by atoms with Crippen molar-refractivity contribution >= 4 is 11.8 Å². The van der Waals surface area contributed by atoms with Crippen LogP contribution in [0.25, 0.3) is 0 Å². The van der Waals surface area contributed by atoms with Gasteiger partial charge in [0.2, 0.25) is 11.8 Å². The van der Waals surface area contributed by atoms with E-state index in [9.17, 15) is 9.59 Å². The Kier molecular flexibility index (Phi) is 5.14. The van der Waals surface area contributed by atoms with Gasteiger partial charge in [-0.1, -0.05) is 0 Å². The Hall–Kier alpha value is -1.10. The third kappa shape index (κ3) is 5.49. The van der Waals surface area contributed by atoms with Crippen LogP contribution in [0.1, 0.15) is 46.5 Å². The molecule has 18 heavy (non-hydrogen) atoms. The minimum Gasteiger partial charge on any atom is -0.350 e. The Morgan fingerprint density at radius 1 is 1.17 bits per heavy atom. The predicted molar refractivity (Wildman–Crippen MR) is 70.8 cm³/mol. The lowest BCUT2D eigenvalue weighted by Crippen LogP contribution is -2.47. The fourth-order valence-corrected chi connectivity index (χ4v) is 2.16. The van der Waals surface area contributed by atoms with Crippen molar-refractivity contribution in [1.82, 2.24) is 10.6 Å². The van der Waals surface area contributed by atoms with E-state index in [-0.39, 0.29) is 35.9 Å². The molecule has 0 unspecified atom stereocenters. The average Bonchev–Trinajstić information content (AvgIpc) is 2.24. The first-order chi connectivity index (χ1) is 8.28. The molecule has 0 spiro atoms. The molecule has 5 nitrogen and oxygen atoms in total. The molecule has 1 rings (SSSR count). The number of hydrogen-bond donors (Lipinski definition) is 3. The van der Waals surface area contributed by atoms with Crippen molar-refractivity contribution < 1.29 is 9.59 Å². The maximum Gasteiger partial charge on any atom is 0.239 e. The number of hydrogen-bond acceptors (Lipinski definition) is 3. The van der Waals surface area contributed by atoms with Crippen LogP contribution in [0.3, 0.4) is 0 Å². The van der Waals surface area contributed by atoms with E-state index in [1.165, 1.54) is 0 Å². The van der Waals surface area contributed by atoms with Crippen LogP contribution in [0, 0.1) is 5.92 Å². The maximum atomic E-state index is 11.8. The molecular formula is C13H25N3O2. The molecular weight excluding hydrogens is 230 g/mol. The summed E-state index contributed by atoms with van der Waals surface area (Å²) in [4.78, 5) is 23.4. The van der Waals surface area contributed by atoms with Gasteiger partial charge in [0.05, 0.1) is 6.54 Å². The monoisotopic (exact) mass is 255 g/mol. The van der Waals surface area contributed by atoms with Crippen molar-refractivity contribution in [3.8, 4) is 0 Å². The first-order valence-electron chi connectivity index (χ1n) is 6.62. The quantitative estimate of drug-likeness (QED) is 0.688.